The third kappa shape index (κ3) is 2.79. The molecule has 0 spiro atoms. The zero-order valence-corrected chi connectivity index (χ0v) is 13.7. The Balaban J connectivity index is 1.99. The van der Waals surface area contributed by atoms with Crippen molar-refractivity contribution in [2.75, 3.05) is 5.32 Å². The largest absolute Gasteiger partial charge is 0.321 e. The number of hydrogen-bond donors (Lipinski definition) is 1. The molecular formula is C19H18ClNO. The Morgan fingerprint density at radius 1 is 1.05 bits per heavy atom. The molecule has 22 heavy (non-hydrogen) atoms. The molecule has 1 amide bonds. The van der Waals surface area contributed by atoms with Crippen LogP contribution in [0.2, 0.25) is 5.02 Å². The van der Waals surface area contributed by atoms with Gasteiger partial charge in [0.05, 0.1) is 0 Å². The van der Waals surface area contributed by atoms with Crippen LogP contribution in [-0.4, -0.2) is 5.91 Å². The van der Waals surface area contributed by atoms with Crippen molar-refractivity contribution in [2.45, 2.75) is 26.2 Å². The maximum atomic E-state index is 12.2. The normalized spacial score (nSPS) is 15.8. The minimum Gasteiger partial charge on any atom is -0.321 e. The lowest BCUT2D eigenvalue weighted by Gasteiger charge is -2.18. The molecule has 1 aliphatic rings. The lowest BCUT2D eigenvalue weighted by molar-refractivity contribution is -0.110. The Labute approximate surface area is 135 Å². The molecule has 0 bridgehead atoms. The average molecular weight is 312 g/mol. The Kier molecular flexibility index (Phi) is 3.57. The SMILES string of the molecule is CC(C)(C)c1ccc(/C=C2/C(=O)Nc3ccc(Cl)cc32)cc1. The molecule has 0 fully saturated rings. The summed E-state index contributed by atoms with van der Waals surface area (Å²) in [7, 11) is 0. The highest BCUT2D eigenvalue weighted by molar-refractivity contribution is 6.36. The third-order valence-corrected chi connectivity index (χ3v) is 4.09. The molecule has 2 aromatic rings. The fourth-order valence-corrected chi connectivity index (χ4v) is 2.72. The minimum absolute atomic E-state index is 0.0860. The topological polar surface area (TPSA) is 29.1 Å². The summed E-state index contributed by atoms with van der Waals surface area (Å²) in [6.07, 6.45) is 1.91. The van der Waals surface area contributed by atoms with Crippen LogP contribution in [0, 0.1) is 0 Å². The summed E-state index contributed by atoms with van der Waals surface area (Å²) in [6, 6.07) is 13.7. The van der Waals surface area contributed by atoms with Gasteiger partial charge in [-0.25, -0.2) is 0 Å². The first-order valence-electron chi connectivity index (χ1n) is 7.28. The summed E-state index contributed by atoms with van der Waals surface area (Å²) in [6.45, 7) is 6.55. The van der Waals surface area contributed by atoms with Crippen LogP contribution < -0.4 is 5.32 Å². The lowest BCUT2D eigenvalue weighted by atomic mass is 9.86. The Hall–Kier alpha value is -2.06. The number of amides is 1. The van der Waals surface area contributed by atoms with Crippen molar-refractivity contribution in [3.8, 4) is 0 Å². The number of fused-ring (bicyclic) bond motifs is 1. The van der Waals surface area contributed by atoms with E-state index in [0.29, 0.717) is 10.6 Å². The van der Waals surface area contributed by atoms with Crippen molar-refractivity contribution in [3.05, 3.63) is 64.2 Å². The number of halogens is 1. The molecule has 1 N–H and O–H groups in total. The molecule has 0 aromatic heterocycles. The molecule has 112 valence electrons. The van der Waals surface area contributed by atoms with Crippen LogP contribution >= 0.6 is 11.6 Å². The van der Waals surface area contributed by atoms with Gasteiger partial charge in [0.25, 0.3) is 5.91 Å². The molecule has 2 nitrogen and oxygen atoms in total. The molecule has 0 atom stereocenters. The summed E-state index contributed by atoms with van der Waals surface area (Å²) >= 11 is 6.04. The third-order valence-electron chi connectivity index (χ3n) is 3.85. The van der Waals surface area contributed by atoms with Crippen LogP contribution in [0.5, 0.6) is 0 Å². The number of rotatable bonds is 1. The molecule has 0 saturated carbocycles. The molecule has 0 aliphatic carbocycles. The van der Waals surface area contributed by atoms with Crippen LogP contribution in [0.4, 0.5) is 5.69 Å². The highest BCUT2D eigenvalue weighted by Gasteiger charge is 2.24. The van der Waals surface area contributed by atoms with Gasteiger partial charge in [0.2, 0.25) is 0 Å². The van der Waals surface area contributed by atoms with Crippen molar-refractivity contribution in [3.63, 3.8) is 0 Å². The van der Waals surface area contributed by atoms with Gasteiger partial charge in [0, 0.05) is 21.8 Å². The molecule has 1 aliphatic heterocycles. The Bertz CT molecular complexity index is 767. The van der Waals surface area contributed by atoms with E-state index in [1.165, 1.54) is 5.56 Å². The first kappa shape index (κ1) is 14.9. The predicted octanol–water partition coefficient (Wildman–Crippen LogP) is 5.13. The highest BCUT2D eigenvalue weighted by atomic mass is 35.5. The average Bonchev–Trinajstić information content (AvgIpc) is 2.75. The fourth-order valence-electron chi connectivity index (χ4n) is 2.55. The molecule has 3 heteroatoms. The summed E-state index contributed by atoms with van der Waals surface area (Å²) in [4.78, 5) is 12.2. The van der Waals surface area contributed by atoms with E-state index in [0.717, 1.165) is 16.8 Å². The van der Waals surface area contributed by atoms with Crippen molar-refractivity contribution < 1.29 is 4.79 Å². The second kappa shape index (κ2) is 5.29. The van der Waals surface area contributed by atoms with Gasteiger partial charge in [-0.05, 0) is 40.8 Å². The van der Waals surface area contributed by atoms with E-state index in [1.54, 1.807) is 6.07 Å². The van der Waals surface area contributed by atoms with Crippen molar-refractivity contribution >= 4 is 34.8 Å². The number of hydrogen-bond acceptors (Lipinski definition) is 1. The molecular weight excluding hydrogens is 294 g/mol. The first-order chi connectivity index (χ1) is 10.3. The molecule has 2 aromatic carbocycles. The minimum atomic E-state index is -0.0860. The fraction of sp³-hybridized carbons (Fsp3) is 0.211. The summed E-state index contributed by atoms with van der Waals surface area (Å²) in [5, 5.41) is 3.49. The van der Waals surface area contributed by atoms with Crippen LogP contribution in [0.1, 0.15) is 37.5 Å². The lowest BCUT2D eigenvalue weighted by Crippen LogP contribution is -2.10. The number of anilines is 1. The van der Waals surface area contributed by atoms with E-state index in [1.807, 2.05) is 30.3 Å². The number of carbonyl (C=O) groups is 1. The maximum Gasteiger partial charge on any atom is 0.256 e. The van der Waals surface area contributed by atoms with Crippen LogP contribution in [0.25, 0.3) is 11.6 Å². The zero-order chi connectivity index (χ0) is 15.9. The second-order valence-electron chi connectivity index (χ2n) is 6.57. The summed E-state index contributed by atoms with van der Waals surface area (Å²) in [5.74, 6) is -0.0860. The number of carbonyl (C=O) groups excluding carboxylic acids is 1. The standard InChI is InChI=1S/C19H18ClNO/c1-19(2,3)13-6-4-12(5-7-13)10-16-15-11-14(20)8-9-17(15)21-18(16)22/h4-11H,1-3H3,(H,21,22)/b16-10+. The van der Waals surface area contributed by atoms with Gasteiger partial charge in [-0.3, -0.25) is 4.79 Å². The molecule has 0 unspecified atom stereocenters. The van der Waals surface area contributed by atoms with E-state index in [4.69, 9.17) is 11.6 Å². The molecule has 0 saturated heterocycles. The van der Waals surface area contributed by atoms with Crippen molar-refractivity contribution in [1.82, 2.24) is 0 Å². The van der Waals surface area contributed by atoms with Gasteiger partial charge >= 0.3 is 0 Å². The van der Waals surface area contributed by atoms with Crippen LogP contribution in [0.15, 0.2) is 42.5 Å². The molecule has 0 radical (unpaired) electrons. The van der Waals surface area contributed by atoms with Gasteiger partial charge in [-0.15, -0.1) is 0 Å². The quantitative estimate of drug-likeness (QED) is 0.727. The van der Waals surface area contributed by atoms with Gasteiger partial charge < -0.3 is 5.32 Å². The second-order valence-corrected chi connectivity index (χ2v) is 7.01. The molecule has 3 rings (SSSR count). The number of nitrogens with one attached hydrogen (secondary N) is 1. The van der Waals surface area contributed by atoms with Crippen molar-refractivity contribution in [1.29, 1.82) is 0 Å². The van der Waals surface area contributed by atoms with E-state index in [2.05, 4.69) is 38.2 Å². The van der Waals surface area contributed by atoms with E-state index in [-0.39, 0.29) is 11.3 Å². The maximum absolute atomic E-state index is 12.2. The molecule has 1 heterocycles. The van der Waals surface area contributed by atoms with Gasteiger partial charge in [0.15, 0.2) is 0 Å². The van der Waals surface area contributed by atoms with Gasteiger partial charge in [-0.1, -0.05) is 56.6 Å². The van der Waals surface area contributed by atoms with E-state index >= 15 is 0 Å². The Morgan fingerprint density at radius 2 is 1.73 bits per heavy atom. The van der Waals surface area contributed by atoms with Crippen LogP contribution in [-0.2, 0) is 10.2 Å². The first-order valence-corrected chi connectivity index (χ1v) is 7.66. The van der Waals surface area contributed by atoms with E-state index < -0.39 is 0 Å². The van der Waals surface area contributed by atoms with Crippen molar-refractivity contribution in [2.24, 2.45) is 0 Å². The number of benzene rings is 2. The van der Waals surface area contributed by atoms with E-state index in [9.17, 15) is 4.79 Å². The summed E-state index contributed by atoms with van der Waals surface area (Å²) in [5.41, 5.74) is 4.72. The van der Waals surface area contributed by atoms with Gasteiger partial charge in [-0.2, -0.15) is 0 Å². The zero-order valence-electron chi connectivity index (χ0n) is 12.9. The summed E-state index contributed by atoms with van der Waals surface area (Å²) < 4.78 is 0. The van der Waals surface area contributed by atoms with Crippen LogP contribution in [0.3, 0.4) is 0 Å². The van der Waals surface area contributed by atoms with Gasteiger partial charge in [0.1, 0.15) is 0 Å². The Morgan fingerprint density at radius 3 is 2.36 bits per heavy atom. The monoisotopic (exact) mass is 311 g/mol. The highest BCUT2D eigenvalue weighted by Crippen LogP contribution is 2.35. The smallest absolute Gasteiger partial charge is 0.256 e. The predicted molar refractivity (Wildman–Crippen MR) is 93.1 cm³/mol.